The molecule has 16 nitrogen and oxygen atoms in total. The van der Waals surface area contributed by atoms with Crippen molar-refractivity contribution in [2.45, 2.75) is 0 Å². The summed E-state index contributed by atoms with van der Waals surface area (Å²) in [5.41, 5.74) is 16.3. The molecule has 0 radical (unpaired) electrons. The predicted molar refractivity (Wildman–Crippen MR) is 555 cm³/mol. The van der Waals surface area contributed by atoms with Gasteiger partial charge in [0.25, 0.3) is 0 Å². The zero-order chi connectivity index (χ0) is 96.0. The molecule has 0 aliphatic carbocycles. The predicted octanol–water partition coefficient (Wildman–Crippen LogP) is 23.1. The number of hydrogen-bond acceptors (Lipinski definition) is 12. The summed E-state index contributed by atoms with van der Waals surface area (Å²) in [6, 6.07) is 138. The fourth-order valence-corrected chi connectivity index (χ4v) is 23.7. The molecule has 688 valence electrons. The van der Waals surface area contributed by atoms with E-state index in [1.165, 1.54) is 0 Å². The van der Waals surface area contributed by atoms with Crippen molar-refractivity contribution in [3.8, 4) is 67.8 Å². The van der Waals surface area contributed by atoms with Gasteiger partial charge in [0.2, 0.25) is 0 Å². The van der Waals surface area contributed by atoms with E-state index in [0.29, 0.717) is 78.5 Å². The maximum Gasteiger partial charge on any atom is 2.00 e. The summed E-state index contributed by atoms with van der Waals surface area (Å²) in [5.74, 6) is 2.62. The maximum absolute atomic E-state index is 13.7. The van der Waals surface area contributed by atoms with Crippen molar-refractivity contribution in [2.24, 2.45) is 0 Å². The van der Waals surface area contributed by atoms with E-state index in [4.69, 9.17) is 5.48 Å². The van der Waals surface area contributed by atoms with Crippen LogP contribution in [0.15, 0.2) is 413 Å². The smallest absolute Gasteiger partial charge is 0.314 e. The van der Waals surface area contributed by atoms with Gasteiger partial charge in [-0.15, -0.1) is 48.5 Å². The Morgan fingerprint density at radius 1 is 0.214 bits per heavy atom. The second-order valence-electron chi connectivity index (χ2n) is 32.7. The first-order valence-electron chi connectivity index (χ1n) is 45.7. The minimum atomic E-state index is -2.90. The molecular weight excluding hydrogens is 2530 g/mol. The van der Waals surface area contributed by atoms with E-state index < -0.39 is 28.6 Å². The van der Waals surface area contributed by atoms with Crippen molar-refractivity contribution >= 4 is 159 Å². The van der Waals surface area contributed by atoms with Crippen LogP contribution < -0.4 is 43.0 Å². The van der Waals surface area contributed by atoms with Gasteiger partial charge in [0.15, 0.2) is 0 Å². The van der Waals surface area contributed by atoms with E-state index in [9.17, 15) is 18.3 Å². The number of pyridine rings is 8. The van der Waals surface area contributed by atoms with Crippen LogP contribution in [0.25, 0.3) is 155 Å². The molecule has 24 aromatic rings. The monoisotopic (exact) mass is 2610 g/mol. The molecule has 0 aliphatic rings. The molecule has 24 heteroatoms. The molecule has 0 fully saturated rings. The first-order chi connectivity index (χ1) is 68.1. The van der Waals surface area contributed by atoms with Crippen LogP contribution in [0.3, 0.4) is 0 Å². The number of aromatic nitrogens is 12. The van der Waals surface area contributed by atoms with Gasteiger partial charge in [-0.25, -0.2) is 64.4 Å². The number of benzene rings is 12. The van der Waals surface area contributed by atoms with Crippen LogP contribution >= 0.6 is 28.6 Å². The molecule has 0 amide bonds. The summed E-state index contributed by atoms with van der Waals surface area (Å²) in [5, 5.41) is 11.1. The van der Waals surface area contributed by atoms with Gasteiger partial charge in [-0.3, -0.25) is 19.9 Å². The largest absolute Gasteiger partial charge is 2.00 e. The van der Waals surface area contributed by atoms with Gasteiger partial charge in [0.05, 0.1) is 5.48 Å². The van der Waals surface area contributed by atoms with Crippen molar-refractivity contribution in [1.29, 1.82) is 0 Å². The molecule has 0 spiro atoms. The molecule has 12 heterocycles. The third-order valence-corrected chi connectivity index (χ3v) is 33.4. The second kappa shape index (κ2) is 42.4. The minimum Gasteiger partial charge on any atom is -0.314 e. The topological polar surface area (TPSA) is 191 Å². The van der Waals surface area contributed by atoms with Crippen LogP contribution in [0, 0.1) is 48.5 Å². The summed E-state index contributed by atoms with van der Waals surface area (Å²) in [6.07, 6.45) is 11.8. The van der Waals surface area contributed by atoms with E-state index in [1.807, 2.05) is 244 Å². The third-order valence-electron chi connectivity index (χ3n) is 24.1. The van der Waals surface area contributed by atoms with E-state index in [-0.39, 0.29) is 90.4 Å². The Bertz CT molecular complexity index is 8890. The molecule has 24 rings (SSSR count). The normalized spacial score (nSPS) is 13.2. The van der Waals surface area contributed by atoms with Gasteiger partial charge in [-0.05, 0) is 192 Å². The molecule has 0 saturated heterocycles. The van der Waals surface area contributed by atoms with Gasteiger partial charge < -0.3 is 36.5 Å². The molecule has 140 heavy (non-hydrogen) atoms. The molecule has 0 saturated carbocycles. The fraction of sp³-hybridized carbons (Fsp3) is 0.0345. The van der Waals surface area contributed by atoms with Crippen molar-refractivity contribution in [3.63, 3.8) is 0 Å². The van der Waals surface area contributed by atoms with Crippen LogP contribution in [0.1, 0.15) is 5.48 Å². The molecule has 4 atom stereocenters. The summed E-state index contributed by atoms with van der Waals surface area (Å²) >= 11 is 0. The number of rotatable bonds is 16. The zero-order valence-electron chi connectivity index (χ0n) is 79.0. The van der Waals surface area contributed by atoms with Crippen LogP contribution in [-0.4, -0.2) is 84.8 Å². The Labute approximate surface area is 873 Å². The number of para-hydroxylation sites is 4. The molecule has 0 aliphatic heterocycles. The standard InChI is InChI=1S/4C29H20N3OP.4Pt/c4*1-34(33,29-14-5-7-18-31-29)23-10-8-9-21(19-23)22-15-16-25-24-11-2-3-12-26(24)32(27(25)20-22)28-13-4-6-17-30-28;;;;/h4*2-18H,1H3;;;;/q4*-2;4*+2/i17D;13D;6D;4D;;;;. The van der Waals surface area contributed by atoms with E-state index >= 15 is 0 Å². The van der Waals surface area contributed by atoms with Crippen molar-refractivity contribution in [1.82, 2.24) is 58.1 Å². The van der Waals surface area contributed by atoms with E-state index in [1.54, 1.807) is 131 Å². The summed E-state index contributed by atoms with van der Waals surface area (Å²) in [7, 11) is -11.6. The average Bonchev–Trinajstić information content (AvgIpc) is 1.61. The molecule has 0 N–H and O–H groups in total. The van der Waals surface area contributed by atoms with E-state index in [0.717, 1.165) is 138 Å². The Kier molecular flexibility index (Phi) is 28.2. The van der Waals surface area contributed by atoms with Crippen molar-refractivity contribution < 1.29 is 108 Å². The Morgan fingerprint density at radius 3 is 0.800 bits per heavy atom. The van der Waals surface area contributed by atoms with Crippen LogP contribution in [0.2, 0.25) is 0 Å². The van der Waals surface area contributed by atoms with Crippen molar-refractivity contribution in [2.75, 3.05) is 26.7 Å². The minimum absolute atomic E-state index is 0. The number of nitrogens with zero attached hydrogens (tertiary/aromatic N) is 12. The van der Waals surface area contributed by atoms with E-state index in [2.05, 4.69) is 148 Å². The first kappa shape index (κ1) is 93.0. The number of fused-ring (bicyclic) bond motifs is 12. The summed E-state index contributed by atoms with van der Waals surface area (Å²) in [4.78, 5) is 35.3. The van der Waals surface area contributed by atoms with Gasteiger partial charge in [-0.1, -0.05) is 164 Å². The maximum atomic E-state index is 13.7. The molecule has 12 aromatic heterocycles. The Morgan fingerprint density at radius 2 is 0.486 bits per heavy atom. The summed E-state index contributed by atoms with van der Waals surface area (Å²) in [6.45, 7) is 6.93. The van der Waals surface area contributed by atoms with Crippen LogP contribution in [-0.2, 0) is 103 Å². The molecule has 0 bridgehead atoms. The molecular formula is C116H80N12O4P4Pt4. The Balaban J connectivity index is 0.000000130. The molecule has 12 aromatic carbocycles. The summed E-state index contributed by atoms with van der Waals surface area (Å²) < 4.78 is 95.2. The van der Waals surface area contributed by atoms with Crippen molar-refractivity contribution in [3.05, 3.63) is 462 Å². The fourth-order valence-electron chi connectivity index (χ4n) is 17.3. The molecule has 4 unspecified atom stereocenters. The van der Waals surface area contributed by atoms with Crippen LogP contribution in [0.5, 0.6) is 0 Å². The van der Waals surface area contributed by atoms with Gasteiger partial charge in [0, 0.05) is 71.6 Å². The van der Waals surface area contributed by atoms with Gasteiger partial charge >= 0.3 is 84.3 Å². The SMILES string of the molecule is [2H]c1ccc(-n2c3[c-]c(-c4[c-]c(P(C)(=O)c5ccccn5)ccc4)ccc3c3ccccc32)nc1.[2H]c1cccc(-n2c3[c-]c(-c4[c-]c(P(C)(=O)c5ccccn5)ccc4)ccc3c3ccccc32)n1.[2H]c1cccnc1-n1c2[c-]c(-c3[c-]c(P(C)(=O)c4ccccn4)ccc3)ccc2c2ccccc21.[2H]c1ccnc(-n2c3[c-]c(-c4[c-]c(P(C)(=O)c5ccccn5)ccc4)ccc3c3ccccc32)c1.[Pt+2].[Pt+2].[Pt+2].[Pt+2]. The quantitative estimate of drug-likeness (QED) is 0.0658. The second-order valence-corrected chi connectivity index (χ2v) is 43.8. The van der Waals surface area contributed by atoms with Crippen LogP contribution in [0.4, 0.5) is 0 Å². The average molecular weight is 2610 g/mol. The van der Waals surface area contributed by atoms with Gasteiger partial charge in [0.1, 0.15) is 73.6 Å². The first-order valence-corrected chi connectivity index (χ1v) is 52.4. The van der Waals surface area contributed by atoms with Gasteiger partial charge in [-0.2, -0.15) is 121 Å². The Hall–Kier alpha value is -13.3. The zero-order valence-corrected chi connectivity index (χ0v) is 87.7. The third kappa shape index (κ3) is 19.3. The number of hydrogen-bond donors (Lipinski definition) is 0.